The molecule has 8 nitrogen and oxygen atoms in total. The summed E-state index contributed by atoms with van der Waals surface area (Å²) in [5.74, 6) is 1.99. The number of benzene rings is 2. The molecule has 0 aliphatic carbocycles. The number of aromatic nitrogens is 3. The molecule has 1 atom stereocenters. The number of rotatable bonds is 5. The van der Waals surface area contributed by atoms with Crippen LogP contribution in [0.3, 0.4) is 0 Å². The lowest BCUT2D eigenvalue weighted by Crippen LogP contribution is -2.24. The van der Waals surface area contributed by atoms with Crippen LogP contribution in [0, 0.1) is 0 Å². The molecule has 0 fully saturated rings. The minimum atomic E-state index is -0.872. The number of hydrogen-bond acceptors (Lipinski definition) is 6. The maximum Gasteiger partial charge on any atom is 0.276 e. The van der Waals surface area contributed by atoms with Crippen LogP contribution in [0.5, 0.6) is 17.2 Å². The minimum Gasteiger partial charge on any atom is -0.497 e. The zero-order valence-electron chi connectivity index (χ0n) is 16.2. The predicted octanol–water partition coefficient (Wildman–Crippen LogP) is 2.63. The molecule has 2 aromatic carbocycles. The van der Waals surface area contributed by atoms with E-state index in [1.54, 1.807) is 48.3 Å². The van der Waals surface area contributed by atoms with Crippen molar-refractivity contribution in [2.45, 2.75) is 12.6 Å². The number of aliphatic hydroxyl groups is 1. The van der Waals surface area contributed by atoms with E-state index in [-0.39, 0.29) is 18.9 Å². The Kier molecular flexibility index (Phi) is 4.40. The van der Waals surface area contributed by atoms with Crippen molar-refractivity contribution in [3.8, 4) is 28.5 Å². The molecule has 0 spiro atoms. The molecule has 0 amide bonds. The van der Waals surface area contributed by atoms with E-state index in [4.69, 9.17) is 14.2 Å². The van der Waals surface area contributed by atoms with Gasteiger partial charge in [0.05, 0.1) is 25.5 Å². The van der Waals surface area contributed by atoms with Gasteiger partial charge in [-0.1, -0.05) is 6.07 Å². The molecule has 2 aromatic heterocycles. The van der Waals surface area contributed by atoms with E-state index in [9.17, 15) is 9.90 Å². The van der Waals surface area contributed by atoms with Gasteiger partial charge in [0, 0.05) is 18.0 Å². The molecular formula is C22H19N3O5. The standard InChI is InChI=1S/C22H19N3O5/c1-28-16-5-2-14(3-6-16)17-11-18-22(27)24(8-9-25(18)23-17)12-19(26)15-4-7-20-21(10-15)30-13-29-20/h2-11,19,26H,12-13H2,1H3. The summed E-state index contributed by atoms with van der Waals surface area (Å²) in [6, 6.07) is 14.5. The highest BCUT2D eigenvalue weighted by molar-refractivity contribution is 5.66. The van der Waals surface area contributed by atoms with Gasteiger partial charge >= 0.3 is 0 Å². The topological polar surface area (TPSA) is 87.2 Å². The highest BCUT2D eigenvalue weighted by Crippen LogP contribution is 2.34. The fourth-order valence-electron chi connectivity index (χ4n) is 3.48. The van der Waals surface area contributed by atoms with Crippen molar-refractivity contribution in [2.24, 2.45) is 0 Å². The Labute approximate surface area is 171 Å². The van der Waals surface area contributed by atoms with Crippen LogP contribution in [0.25, 0.3) is 16.8 Å². The van der Waals surface area contributed by atoms with E-state index in [0.29, 0.717) is 28.3 Å². The van der Waals surface area contributed by atoms with E-state index in [2.05, 4.69) is 5.10 Å². The fourth-order valence-corrected chi connectivity index (χ4v) is 3.48. The molecule has 0 saturated carbocycles. The second-order valence-electron chi connectivity index (χ2n) is 6.97. The molecule has 1 aliphatic rings. The zero-order chi connectivity index (χ0) is 20.7. The van der Waals surface area contributed by atoms with Crippen LogP contribution in [0.1, 0.15) is 11.7 Å². The fraction of sp³-hybridized carbons (Fsp3) is 0.182. The van der Waals surface area contributed by atoms with Crippen molar-refractivity contribution in [3.05, 3.63) is 76.8 Å². The molecule has 0 saturated heterocycles. The van der Waals surface area contributed by atoms with Crippen LogP contribution in [0.15, 0.2) is 65.7 Å². The molecule has 5 rings (SSSR count). The largest absolute Gasteiger partial charge is 0.497 e. The molecule has 0 radical (unpaired) electrons. The van der Waals surface area contributed by atoms with Gasteiger partial charge in [-0.05, 0) is 48.0 Å². The molecule has 152 valence electrons. The van der Waals surface area contributed by atoms with Crippen LogP contribution >= 0.6 is 0 Å². The third-order valence-corrected chi connectivity index (χ3v) is 5.14. The number of ether oxygens (including phenoxy) is 3. The van der Waals surface area contributed by atoms with Crippen LogP contribution < -0.4 is 19.8 Å². The Bertz CT molecular complexity index is 1280. The average Bonchev–Trinajstić information content (AvgIpc) is 3.42. The third-order valence-electron chi connectivity index (χ3n) is 5.14. The van der Waals surface area contributed by atoms with Crippen LogP contribution in [-0.4, -0.2) is 33.2 Å². The van der Waals surface area contributed by atoms with E-state index in [1.807, 2.05) is 24.3 Å². The summed E-state index contributed by atoms with van der Waals surface area (Å²) in [7, 11) is 1.61. The van der Waals surface area contributed by atoms with Crippen LogP contribution in [0.4, 0.5) is 0 Å². The van der Waals surface area contributed by atoms with Gasteiger partial charge in [-0.3, -0.25) is 4.79 Å². The van der Waals surface area contributed by atoms with Crippen molar-refractivity contribution >= 4 is 5.52 Å². The van der Waals surface area contributed by atoms with Gasteiger partial charge in [-0.25, -0.2) is 4.52 Å². The molecule has 1 aliphatic heterocycles. The summed E-state index contributed by atoms with van der Waals surface area (Å²) in [4.78, 5) is 13.0. The Balaban J connectivity index is 1.43. The second-order valence-corrected chi connectivity index (χ2v) is 6.97. The Morgan fingerprint density at radius 1 is 1.10 bits per heavy atom. The van der Waals surface area contributed by atoms with Crippen molar-refractivity contribution in [3.63, 3.8) is 0 Å². The SMILES string of the molecule is COc1ccc(-c2cc3c(=O)n(CC(O)c4ccc5c(c4)OCO5)ccn3n2)cc1. The van der Waals surface area contributed by atoms with Gasteiger partial charge in [-0.15, -0.1) is 0 Å². The molecule has 3 heterocycles. The minimum absolute atomic E-state index is 0.109. The normalized spacial score (nSPS) is 13.5. The summed E-state index contributed by atoms with van der Waals surface area (Å²) >= 11 is 0. The second kappa shape index (κ2) is 7.23. The molecular weight excluding hydrogens is 386 g/mol. The number of nitrogens with zero attached hydrogens (tertiary/aromatic N) is 3. The summed E-state index contributed by atoms with van der Waals surface area (Å²) < 4.78 is 18.9. The Hall–Kier alpha value is -3.78. The quantitative estimate of drug-likeness (QED) is 0.549. The average molecular weight is 405 g/mol. The first-order valence-electron chi connectivity index (χ1n) is 9.43. The van der Waals surface area contributed by atoms with Crippen molar-refractivity contribution < 1.29 is 19.3 Å². The number of methoxy groups -OCH3 is 1. The summed E-state index contributed by atoms with van der Waals surface area (Å²) in [5, 5.41) is 15.1. The third kappa shape index (κ3) is 3.17. The summed E-state index contributed by atoms with van der Waals surface area (Å²) in [5.41, 5.74) is 2.42. The molecule has 8 heteroatoms. The van der Waals surface area contributed by atoms with Gasteiger partial charge < -0.3 is 23.9 Å². The molecule has 1 unspecified atom stereocenters. The number of fused-ring (bicyclic) bond motifs is 2. The van der Waals surface area contributed by atoms with E-state index in [1.165, 1.54) is 4.57 Å². The van der Waals surface area contributed by atoms with Crippen molar-refractivity contribution in [2.75, 3.05) is 13.9 Å². The molecule has 1 N–H and O–H groups in total. The van der Waals surface area contributed by atoms with Gasteiger partial charge in [0.25, 0.3) is 5.56 Å². The first kappa shape index (κ1) is 18.3. The van der Waals surface area contributed by atoms with E-state index >= 15 is 0 Å². The van der Waals surface area contributed by atoms with Crippen molar-refractivity contribution in [1.29, 1.82) is 0 Å². The van der Waals surface area contributed by atoms with E-state index < -0.39 is 6.10 Å². The van der Waals surface area contributed by atoms with Gasteiger partial charge in [0.15, 0.2) is 11.5 Å². The lowest BCUT2D eigenvalue weighted by Gasteiger charge is -2.13. The lowest BCUT2D eigenvalue weighted by atomic mass is 10.1. The first-order chi connectivity index (χ1) is 14.6. The lowest BCUT2D eigenvalue weighted by molar-refractivity contribution is 0.154. The monoisotopic (exact) mass is 405 g/mol. The van der Waals surface area contributed by atoms with E-state index in [0.717, 1.165) is 11.3 Å². The molecule has 30 heavy (non-hydrogen) atoms. The highest BCUT2D eigenvalue weighted by atomic mass is 16.7. The maximum absolute atomic E-state index is 13.0. The maximum atomic E-state index is 13.0. The van der Waals surface area contributed by atoms with Gasteiger partial charge in [0.2, 0.25) is 6.79 Å². The smallest absolute Gasteiger partial charge is 0.276 e. The van der Waals surface area contributed by atoms with Crippen LogP contribution in [-0.2, 0) is 6.54 Å². The predicted molar refractivity (Wildman–Crippen MR) is 109 cm³/mol. The summed E-state index contributed by atoms with van der Waals surface area (Å²) in [6.07, 6.45) is 2.45. The molecule has 0 bridgehead atoms. The number of aliphatic hydroxyl groups excluding tert-OH is 1. The zero-order valence-corrected chi connectivity index (χ0v) is 16.2. The van der Waals surface area contributed by atoms with Gasteiger partial charge in [-0.2, -0.15) is 5.10 Å². The van der Waals surface area contributed by atoms with Crippen molar-refractivity contribution in [1.82, 2.24) is 14.2 Å². The first-order valence-corrected chi connectivity index (χ1v) is 9.43. The molecule has 4 aromatic rings. The van der Waals surface area contributed by atoms with Gasteiger partial charge in [0.1, 0.15) is 11.3 Å². The Morgan fingerprint density at radius 2 is 1.90 bits per heavy atom. The highest BCUT2D eigenvalue weighted by Gasteiger charge is 2.18. The number of hydrogen-bond donors (Lipinski definition) is 1. The Morgan fingerprint density at radius 3 is 2.70 bits per heavy atom. The van der Waals surface area contributed by atoms with Crippen LogP contribution in [0.2, 0.25) is 0 Å². The summed E-state index contributed by atoms with van der Waals surface area (Å²) in [6.45, 7) is 0.279.